The Balaban J connectivity index is 1.02. The number of benzene rings is 12. The van der Waals surface area contributed by atoms with E-state index in [2.05, 4.69) is 290 Å². The first-order valence-electron chi connectivity index (χ1n) is 26.1. The van der Waals surface area contributed by atoms with Crippen LogP contribution in [0.2, 0.25) is 0 Å². The lowest BCUT2D eigenvalue weighted by molar-refractivity contribution is 0.769. The summed E-state index contributed by atoms with van der Waals surface area (Å²) in [5.41, 5.74) is 17.1. The van der Waals surface area contributed by atoms with Crippen LogP contribution in [-0.4, -0.2) is 0 Å². The predicted molar refractivity (Wildman–Crippen MR) is 327 cm³/mol. The van der Waals surface area contributed by atoms with Crippen molar-refractivity contribution >= 4 is 108 Å². The minimum Gasteiger partial charge on any atom is -0.310 e. The fourth-order valence-electron chi connectivity index (χ4n) is 12.3. The van der Waals surface area contributed by atoms with Gasteiger partial charge in [-0.2, -0.15) is 0 Å². The van der Waals surface area contributed by atoms with Crippen molar-refractivity contribution in [1.29, 1.82) is 0 Å². The van der Waals surface area contributed by atoms with Gasteiger partial charge in [0.15, 0.2) is 0 Å². The van der Waals surface area contributed by atoms with E-state index >= 15 is 0 Å². The number of para-hydroxylation sites is 2. The topological polar surface area (TPSA) is 6.48 Å². The summed E-state index contributed by atoms with van der Waals surface area (Å²) in [6, 6.07) is 102. The molecule has 0 amide bonds. The number of anilines is 6. The highest BCUT2D eigenvalue weighted by atomic mass is 32.1. The highest BCUT2D eigenvalue weighted by Crippen LogP contribution is 2.59. The number of fused-ring (bicyclic) bond motifs is 11. The van der Waals surface area contributed by atoms with Gasteiger partial charge in [0.2, 0.25) is 0 Å². The van der Waals surface area contributed by atoms with Crippen molar-refractivity contribution in [3.05, 3.63) is 301 Å². The van der Waals surface area contributed by atoms with Crippen molar-refractivity contribution in [3.8, 4) is 22.3 Å². The van der Waals surface area contributed by atoms with Gasteiger partial charge >= 0.3 is 0 Å². The van der Waals surface area contributed by atoms with E-state index in [-0.39, 0.29) is 0 Å². The number of aryl methyl sites for hydroxylation is 1. The maximum Gasteiger partial charge on any atom is 0.0714 e. The maximum absolute atomic E-state index is 2.52. The molecule has 0 saturated heterocycles. The smallest absolute Gasteiger partial charge is 0.0714 e. The molecule has 0 spiro atoms. The van der Waals surface area contributed by atoms with E-state index < -0.39 is 5.41 Å². The molecule has 0 radical (unpaired) electrons. The molecule has 14 aromatic rings. The molecule has 2 heterocycles. The van der Waals surface area contributed by atoms with E-state index in [4.69, 9.17) is 0 Å². The Morgan fingerprint density at radius 3 is 1.41 bits per heavy atom. The van der Waals surface area contributed by atoms with E-state index in [0.29, 0.717) is 0 Å². The monoisotopic (exact) mass is 1000 g/mol. The fraction of sp³-hybridized carbons (Fsp3) is 0.0278. The van der Waals surface area contributed by atoms with Crippen molar-refractivity contribution in [3.63, 3.8) is 0 Å². The first kappa shape index (κ1) is 44.4. The lowest BCUT2D eigenvalue weighted by Gasteiger charge is -2.34. The van der Waals surface area contributed by atoms with Gasteiger partial charge in [-0.25, -0.2) is 0 Å². The minimum atomic E-state index is -0.592. The summed E-state index contributed by atoms with van der Waals surface area (Å²) in [6.07, 6.45) is 0. The average Bonchev–Trinajstić information content (AvgIpc) is 4.24. The van der Waals surface area contributed by atoms with Crippen molar-refractivity contribution < 1.29 is 0 Å². The Labute approximate surface area is 450 Å². The molecule has 0 N–H and O–H groups in total. The van der Waals surface area contributed by atoms with Crippen LogP contribution in [0.25, 0.3) is 73.4 Å². The Hall–Kier alpha value is -9.06. The first-order chi connectivity index (χ1) is 37.6. The molecule has 1 atom stereocenters. The molecule has 0 aliphatic heterocycles. The molecular formula is C72H48N2S2. The second-order valence-electron chi connectivity index (χ2n) is 20.1. The van der Waals surface area contributed by atoms with Gasteiger partial charge in [0.25, 0.3) is 0 Å². The van der Waals surface area contributed by atoms with Gasteiger partial charge in [0.05, 0.1) is 5.41 Å². The Morgan fingerprint density at radius 2 is 0.803 bits per heavy atom. The van der Waals surface area contributed by atoms with Gasteiger partial charge < -0.3 is 9.80 Å². The third kappa shape index (κ3) is 7.06. The molecule has 1 aliphatic carbocycles. The van der Waals surface area contributed by atoms with Crippen molar-refractivity contribution in [2.75, 3.05) is 9.80 Å². The first-order valence-corrected chi connectivity index (χ1v) is 27.7. The molecule has 358 valence electrons. The van der Waals surface area contributed by atoms with E-state index in [1.165, 1.54) is 90.1 Å². The van der Waals surface area contributed by atoms with Crippen LogP contribution in [0.1, 0.15) is 27.8 Å². The van der Waals surface area contributed by atoms with Crippen molar-refractivity contribution in [2.24, 2.45) is 0 Å². The molecule has 0 fully saturated rings. The van der Waals surface area contributed by atoms with Gasteiger partial charge in [-0.05, 0) is 147 Å². The number of hydrogen-bond donors (Lipinski definition) is 0. The Morgan fingerprint density at radius 1 is 0.303 bits per heavy atom. The van der Waals surface area contributed by atoms with Gasteiger partial charge in [-0.3, -0.25) is 0 Å². The molecule has 2 aromatic heterocycles. The average molecular weight is 1010 g/mol. The number of hydrogen-bond acceptors (Lipinski definition) is 4. The molecule has 0 unspecified atom stereocenters. The zero-order chi connectivity index (χ0) is 50.3. The molecule has 4 heteroatoms. The Kier molecular flexibility index (Phi) is 10.4. The molecule has 12 aromatic carbocycles. The van der Waals surface area contributed by atoms with Gasteiger partial charge in [0, 0.05) is 74.5 Å². The molecule has 1 aliphatic rings. The normalized spacial score (nSPS) is 13.9. The zero-order valence-corrected chi connectivity index (χ0v) is 43.3. The van der Waals surface area contributed by atoms with Crippen LogP contribution >= 0.6 is 22.7 Å². The quantitative estimate of drug-likeness (QED) is 0.142. The summed E-state index contributed by atoms with van der Waals surface area (Å²) in [4.78, 5) is 4.90. The van der Waals surface area contributed by atoms with Crippen LogP contribution in [0, 0.1) is 6.92 Å². The fourth-order valence-corrected chi connectivity index (χ4v) is 14.6. The highest BCUT2D eigenvalue weighted by molar-refractivity contribution is 7.26. The standard InChI is InChI=1S/C72H48N2S2/c1-47-29-33-52(34-30-47)72(51-18-5-2-6-19-51)65-40-32-48-17-11-12-24-59(48)71(65)64-37-31-49(43-66(64)72)50-41-57(73(53-20-7-3-8-21-53)54-22-9-4-10-23-54)44-58(42-50)74(55-35-38-62-60-25-13-15-27-67(60)75-69(62)45-55)56-36-39-63-61-26-14-16-28-68(61)76-70(63)46-56/h2-46H,1H3/t72-/m0/s1. The number of thiophene rings is 2. The third-order valence-electron chi connectivity index (χ3n) is 15.7. The summed E-state index contributed by atoms with van der Waals surface area (Å²) in [6.45, 7) is 2.18. The second kappa shape index (κ2) is 17.8. The molecule has 15 rings (SSSR count). The van der Waals surface area contributed by atoms with Crippen LogP contribution in [0.3, 0.4) is 0 Å². The van der Waals surface area contributed by atoms with E-state index in [0.717, 1.165) is 45.3 Å². The van der Waals surface area contributed by atoms with Crippen molar-refractivity contribution in [2.45, 2.75) is 12.3 Å². The summed E-state index contributed by atoms with van der Waals surface area (Å²) in [5, 5.41) is 7.65. The second-order valence-corrected chi connectivity index (χ2v) is 22.3. The zero-order valence-electron chi connectivity index (χ0n) is 41.7. The predicted octanol–water partition coefficient (Wildman–Crippen LogP) is 20.9. The van der Waals surface area contributed by atoms with E-state index in [1.54, 1.807) is 0 Å². The van der Waals surface area contributed by atoms with Crippen molar-refractivity contribution in [1.82, 2.24) is 0 Å². The summed E-state index contributed by atoms with van der Waals surface area (Å²) in [7, 11) is 0. The largest absolute Gasteiger partial charge is 0.310 e. The summed E-state index contributed by atoms with van der Waals surface area (Å²) < 4.78 is 5.11. The number of rotatable bonds is 9. The van der Waals surface area contributed by atoms with Crippen LogP contribution in [0.4, 0.5) is 34.1 Å². The highest BCUT2D eigenvalue weighted by Gasteiger charge is 2.47. The van der Waals surface area contributed by atoms with Crippen LogP contribution in [0.15, 0.2) is 273 Å². The van der Waals surface area contributed by atoms with Crippen LogP contribution in [-0.2, 0) is 5.41 Å². The van der Waals surface area contributed by atoms with Gasteiger partial charge in [-0.15, -0.1) is 22.7 Å². The SMILES string of the molecule is Cc1ccc([C@]2(c3ccccc3)c3cc(-c4cc(N(c5ccccc5)c5ccccc5)cc(N(c5ccc6c(c5)sc5ccccc56)c5ccc6c(c5)sc5ccccc56)c4)ccc3-c3c2ccc2ccccc32)cc1. The number of nitrogens with zero attached hydrogens (tertiary/aromatic N) is 2. The van der Waals surface area contributed by atoms with Crippen LogP contribution < -0.4 is 9.80 Å². The Bertz CT molecular complexity index is 4390. The third-order valence-corrected chi connectivity index (χ3v) is 18.0. The minimum absolute atomic E-state index is 0.592. The maximum atomic E-state index is 2.52. The van der Waals surface area contributed by atoms with Crippen LogP contribution in [0.5, 0.6) is 0 Å². The lowest BCUT2D eigenvalue weighted by atomic mass is 9.67. The molecule has 0 bridgehead atoms. The van der Waals surface area contributed by atoms with Gasteiger partial charge in [-0.1, -0.05) is 194 Å². The van der Waals surface area contributed by atoms with E-state index in [1.807, 2.05) is 22.7 Å². The van der Waals surface area contributed by atoms with E-state index in [9.17, 15) is 0 Å². The summed E-state index contributed by atoms with van der Waals surface area (Å²) in [5.74, 6) is 0. The molecule has 0 saturated carbocycles. The van der Waals surface area contributed by atoms with Gasteiger partial charge in [0.1, 0.15) is 0 Å². The molecular weight excluding hydrogens is 957 g/mol. The lowest BCUT2D eigenvalue weighted by Crippen LogP contribution is -2.28. The molecule has 76 heavy (non-hydrogen) atoms. The summed E-state index contributed by atoms with van der Waals surface area (Å²) >= 11 is 3.72. The molecule has 2 nitrogen and oxygen atoms in total.